The van der Waals surface area contributed by atoms with E-state index >= 15 is 0 Å². The maximum Gasteiger partial charge on any atom is 0.232 e. The molecule has 25 heavy (non-hydrogen) atoms. The highest BCUT2D eigenvalue weighted by molar-refractivity contribution is 6.31. The molecular weight excluding hydrogens is 342 g/mol. The van der Waals surface area contributed by atoms with Crippen LogP contribution in [0.3, 0.4) is 0 Å². The fraction of sp³-hybridized carbons (Fsp3) is 0.105. The summed E-state index contributed by atoms with van der Waals surface area (Å²) in [6, 6.07) is 11.3. The third-order valence-corrected chi connectivity index (χ3v) is 3.80. The fourth-order valence-corrected chi connectivity index (χ4v) is 2.53. The Labute approximate surface area is 150 Å². The van der Waals surface area contributed by atoms with Crippen LogP contribution in [0.5, 0.6) is 11.5 Å². The predicted molar refractivity (Wildman–Crippen MR) is 96.2 cm³/mol. The van der Waals surface area contributed by atoms with Gasteiger partial charge in [0.1, 0.15) is 11.5 Å². The zero-order valence-corrected chi connectivity index (χ0v) is 14.0. The number of benzene rings is 2. The summed E-state index contributed by atoms with van der Waals surface area (Å²) in [5.41, 5.74) is 1.40. The van der Waals surface area contributed by atoms with Gasteiger partial charge in [-0.15, -0.1) is 6.58 Å². The lowest BCUT2D eigenvalue weighted by Crippen LogP contribution is -2.33. The Balaban J connectivity index is 1.92. The van der Waals surface area contributed by atoms with Gasteiger partial charge >= 0.3 is 0 Å². The molecule has 0 fully saturated rings. The topological polar surface area (TPSA) is 67.8 Å². The van der Waals surface area contributed by atoms with Crippen LogP contribution in [0.2, 0.25) is 5.02 Å². The van der Waals surface area contributed by atoms with Crippen molar-refractivity contribution < 1.29 is 19.4 Å². The number of phenolic OH excluding ortho intramolecular Hbond substituents is 1. The lowest BCUT2D eigenvalue weighted by Gasteiger charge is -2.27. The van der Waals surface area contributed by atoms with Gasteiger partial charge in [0.15, 0.2) is 0 Å². The number of fused-ring (bicyclic) bond motifs is 1. The Hall–Kier alpha value is -2.76. The molecule has 2 aromatic carbocycles. The molecule has 1 heterocycles. The number of ketones is 1. The fourth-order valence-electron chi connectivity index (χ4n) is 2.36. The Morgan fingerprint density at radius 2 is 2.04 bits per heavy atom. The lowest BCUT2D eigenvalue weighted by molar-refractivity contribution is -0.0444. The molecule has 0 saturated carbocycles. The minimum atomic E-state index is -0.858. The van der Waals surface area contributed by atoms with E-state index in [1.165, 1.54) is 6.20 Å². The highest BCUT2D eigenvalue weighted by Crippen LogP contribution is 2.33. The van der Waals surface area contributed by atoms with E-state index in [-0.39, 0.29) is 18.1 Å². The molecule has 3 rings (SSSR count). The number of hydrogen-bond acceptors (Lipinski definition) is 5. The van der Waals surface area contributed by atoms with Crippen molar-refractivity contribution in [2.45, 2.75) is 6.29 Å². The number of hydrogen-bond donors (Lipinski definition) is 2. The molecule has 0 amide bonds. The average molecular weight is 358 g/mol. The predicted octanol–water partition coefficient (Wildman–Crippen LogP) is 4.15. The first kappa shape index (κ1) is 17.1. The van der Waals surface area contributed by atoms with Crippen LogP contribution in [0.25, 0.3) is 0 Å². The number of Topliss-reactive ketones (excluding diaryl/α,β-unsaturated/α-hetero) is 1. The lowest BCUT2D eigenvalue weighted by atomic mass is 10.00. The number of nitrogens with one attached hydrogen (secondary N) is 1. The number of anilines is 1. The van der Waals surface area contributed by atoms with Gasteiger partial charge in [-0.25, -0.2) is 0 Å². The van der Waals surface area contributed by atoms with E-state index in [2.05, 4.69) is 11.9 Å². The van der Waals surface area contributed by atoms with E-state index in [0.29, 0.717) is 27.6 Å². The van der Waals surface area contributed by atoms with Crippen molar-refractivity contribution in [1.82, 2.24) is 0 Å². The first-order valence-electron chi connectivity index (χ1n) is 7.57. The maximum atomic E-state index is 12.8. The van der Waals surface area contributed by atoms with Crippen molar-refractivity contribution in [2.24, 2.45) is 0 Å². The van der Waals surface area contributed by atoms with Gasteiger partial charge in [-0.05, 0) is 42.5 Å². The SMILES string of the molecule is C=CCO[C@@H]1Oc2ccc(Cl)cc2C(=O)/C1=C/Nc1ccc(O)cc1. The first-order chi connectivity index (χ1) is 12.1. The van der Waals surface area contributed by atoms with Crippen molar-refractivity contribution in [3.8, 4) is 11.5 Å². The molecule has 0 saturated heterocycles. The molecule has 0 unspecified atom stereocenters. The van der Waals surface area contributed by atoms with Gasteiger partial charge in [-0.2, -0.15) is 0 Å². The van der Waals surface area contributed by atoms with Crippen molar-refractivity contribution in [1.29, 1.82) is 0 Å². The summed E-state index contributed by atoms with van der Waals surface area (Å²) >= 11 is 5.99. The summed E-state index contributed by atoms with van der Waals surface area (Å²) in [5.74, 6) is 0.348. The molecule has 2 N–H and O–H groups in total. The van der Waals surface area contributed by atoms with E-state index in [4.69, 9.17) is 21.1 Å². The third-order valence-electron chi connectivity index (χ3n) is 3.56. The monoisotopic (exact) mass is 357 g/mol. The maximum absolute atomic E-state index is 12.8. The molecular formula is C19H16ClNO4. The van der Waals surface area contributed by atoms with Crippen LogP contribution in [-0.2, 0) is 4.74 Å². The largest absolute Gasteiger partial charge is 0.508 e. The number of carbonyl (C=O) groups is 1. The van der Waals surface area contributed by atoms with Gasteiger partial charge in [-0.1, -0.05) is 17.7 Å². The summed E-state index contributed by atoms with van der Waals surface area (Å²) in [6.45, 7) is 3.84. The van der Waals surface area contributed by atoms with Crippen LogP contribution >= 0.6 is 11.6 Å². The number of carbonyl (C=O) groups excluding carboxylic acids is 1. The van der Waals surface area contributed by atoms with E-state index in [1.54, 1.807) is 48.5 Å². The highest BCUT2D eigenvalue weighted by atomic mass is 35.5. The van der Waals surface area contributed by atoms with Crippen molar-refractivity contribution in [2.75, 3.05) is 11.9 Å². The van der Waals surface area contributed by atoms with Crippen LogP contribution in [0.4, 0.5) is 5.69 Å². The van der Waals surface area contributed by atoms with Gasteiger partial charge in [0, 0.05) is 16.9 Å². The van der Waals surface area contributed by atoms with Crippen LogP contribution in [-0.4, -0.2) is 23.8 Å². The third kappa shape index (κ3) is 3.84. The van der Waals surface area contributed by atoms with Gasteiger partial charge in [-0.3, -0.25) is 4.79 Å². The second-order valence-electron chi connectivity index (χ2n) is 5.33. The summed E-state index contributed by atoms with van der Waals surface area (Å²) < 4.78 is 11.3. The van der Waals surface area contributed by atoms with Crippen molar-refractivity contribution in [3.63, 3.8) is 0 Å². The summed E-state index contributed by atoms with van der Waals surface area (Å²) in [7, 11) is 0. The molecule has 0 bridgehead atoms. The van der Waals surface area contributed by atoms with Crippen LogP contribution < -0.4 is 10.1 Å². The molecule has 5 nitrogen and oxygen atoms in total. The Morgan fingerprint density at radius 3 is 2.76 bits per heavy atom. The quantitative estimate of drug-likeness (QED) is 0.478. The van der Waals surface area contributed by atoms with Gasteiger partial charge in [0.05, 0.1) is 17.7 Å². The molecule has 1 aliphatic heterocycles. The zero-order valence-electron chi connectivity index (χ0n) is 13.2. The number of ether oxygens (including phenoxy) is 2. The number of rotatable bonds is 5. The molecule has 2 aromatic rings. The zero-order chi connectivity index (χ0) is 17.8. The molecule has 1 aliphatic rings. The first-order valence-corrected chi connectivity index (χ1v) is 7.95. The molecule has 0 radical (unpaired) electrons. The Kier molecular flexibility index (Phi) is 5.07. The Morgan fingerprint density at radius 1 is 1.28 bits per heavy atom. The van der Waals surface area contributed by atoms with Gasteiger partial charge in [0.2, 0.25) is 12.1 Å². The van der Waals surface area contributed by atoms with Gasteiger partial charge in [0.25, 0.3) is 0 Å². The smallest absolute Gasteiger partial charge is 0.232 e. The molecule has 0 aliphatic carbocycles. The minimum absolute atomic E-state index is 0.158. The van der Waals surface area contributed by atoms with Crippen LogP contribution in [0.1, 0.15) is 10.4 Å². The second-order valence-corrected chi connectivity index (χ2v) is 5.77. The normalized spacial score (nSPS) is 17.7. The summed E-state index contributed by atoms with van der Waals surface area (Å²) in [5, 5.41) is 12.8. The molecule has 1 atom stereocenters. The van der Waals surface area contributed by atoms with Crippen LogP contribution in [0, 0.1) is 0 Å². The van der Waals surface area contributed by atoms with E-state index in [9.17, 15) is 9.90 Å². The summed E-state index contributed by atoms with van der Waals surface area (Å²) in [4.78, 5) is 12.8. The highest BCUT2D eigenvalue weighted by Gasteiger charge is 2.32. The standard InChI is InChI=1S/C19H16ClNO4/c1-2-9-24-19-16(11-21-13-4-6-14(22)7-5-13)18(23)15-10-12(20)3-8-17(15)25-19/h2-8,10-11,19,21-22H,1,9H2/b16-11-/t19-/m1/s1. The average Bonchev–Trinajstić information content (AvgIpc) is 2.61. The molecule has 128 valence electrons. The number of halogens is 1. The van der Waals surface area contributed by atoms with E-state index in [0.717, 1.165) is 0 Å². The molecule has 0 spiro atoms. The van der Waals surface area contributed by atoms with Crippen LogP contribution in [0.15, 0.2) is 66.9 Å². The summed E-state index contributed by atoms with van der Waals surface area (Å²) in [6.07, 6.45) is 2.26. The second kappa shape index (κ2) is 7.42. The van der Waals surface area contributed by atoms with Gasteiger partial charge < -0.3 is 19.9 Å². The van der Waals surface area contributed by atoms with E-state index < -0.39 is 6.29 Å². The van der Waals surface area contributed by atoms with Crippen molar-refractivity contribution >= 4 is 23.1 Å². The van der Waals surface area contributed by atoms with Crippen molar-refractivity contribution in [3.05, 3.63) is 77.5 Å². The molecule has 0 aromatic heterocycles. The Bertz CT molecular complexity index is 830. The number of aromatic hydroxyl groups is 1. The molecule has 6 heteroatoms. The minimum Gasteiger partial charge on any atom is -0.508 e. The number of phenols is 1. The van der Waals surface area contributed by atoms with E-state index in [1.807, 2.05) is 0 Å².